The van der Waals surface area contributed by atoms with Gasteiger partial charge in [0.2, 0.25) is 5.91 Å². The van der Waals surface area contributed by atoms with Crippen LogP contribution < -0.4 is 5.32 Å². The maximum atomic E-state index is 12.4. The van der Waals surface area contributed by atoms with Crippen LogP contribution in [-0.4, -0.2) is 59.7 Å². The lowest BCUT2D eigenvalue weighted by molar-refractivity contribution is -0.122. The van der Waals surface area contributed by atoms with Gasteiger partial charge in [-0.05, 0) is 44.0 Å². The zero-order chi connectivity index (χ0) is 18.7. The topological polar surface area (TPSA) is 69.7 Å². The smallest absolute Gasteiger partial charge is 0.261 e. The van der Waals surface area contributed by atoms with Crippen LogP contribution in [0.1, 0.15) is 53.3 Å². The van der Waals surface area contributed by atoms with Gasteiger partial charge in [0.1, 0.15) is 0 Å². The van der Waals surface area contributed by atoms with Crippen LogP contribution in [-0.2, 0) is 4.79 Å². The Kier molecular flexibility index (Phi) is 6.09. The fraction of sp³-hybridized carbons (Fsp3) is 0.526. The van der Waals surface area contributed by atoms with E-state index in [1.807, 2.05) is 0 Å². The quantitative estimate of drug-likeness (QED) is 0.715. The molecule has 0 aromatic heterocycles. The van der Waals surface area contributed by atoms with Gasteiger partial charge in [-0.1, -0.05) is 22.9 Å². The van der Waals surface area contributed by atoms with E-state index in [0.717, 1.165) is 43.4 Å². The van der Waals surface area contributed by atoms with Crippen LogP contribution in [0, 0.1) is 0 Å². The number of carbonyl (C=O) groups is 3. The number of benzene rings is 1. The van der Waals surface area contributed by atoms with Crippen molar-refractivity contribution in [2.45, 2.75) is 38.6 Å². The minimum Gasteiger partial charge on any atom is -0.353 e. The zero-order valence-corrected chi connectivity index (χ0v) is 16.5. The normalized spacial score (nSPS) is 18.3. The number of carbonyl (C=O) groups excluding carboxylic acids is 3. The van der Waals surface area contributed by atoms with Crippen LogP contribution in [0.4, 0.5) is 0 Å². The monoisotopic (exact) mass is 421 g/mol. The van der Waals surface area contributed by atoms with Gasteiger partial charge in [0.25, 0.3) is 11.8 Å². The molecule has 26 heavy (non-hydrogen) atoms. The van der Waals surface area contributed by atoms with Crippen molar-refractivity contribution in [3.8, 4) is 0 Å². The van der Waals surface area contributed by atoms with Crippen LogP contribution >= 0.6 is 15.9 Å². The van der Waals surface area contributed by atoms with E-state index in [1.54, 1.807) is 18.2 Å². The Balaban J connectivity index is 1.48. The third-order valence-corrected chi connectivity index (χ3v) is 5.48. The number of amides is 3. The van der Waals surface area contributed by atoms with Crippen LogP contribution in [0.15, 0.2) is 22.7 Å². The minimum absolute atomic E-state index is 0.100. The number of hydrogen-bond donors (Lipinski definition) is 1. The number of rotatable bonds is 6. The number of nitrogens with zero attached hydrogens (tertiary/aromatic N) is 2. The van der Waals surface area contributed by atoms with E-state index in [4.69, 9.17) is 0 Å². The van der Waals surface area contributed by atoms with E-state index in [9.17, 15) is 14.4 Å². The summed E-state index contributed by atoms with van der Waals surface area (Å²) in [4.78, 5) is 40.6. The summed E-state index contributed by atoms with van der Waals surface area (Å²) in [5, 5.41) is 3.04. The summed E-state index contributed by atoms with van der Waals surface area (Å²) in [6.45, 7) is 5.41. The molecule has 1 N–H and O–H groups in total. The predicted molar refractivity (Wildman–Crippen MR) is 102 cm³/mol. The van der Waals surface area contributed by atoms with E-state index < -0.39 is 0 Å². The molecule has 0 unspecified atom stereocenters. The molecule has 6 nitrogen and oxygen atoms in total. The van der Waals surface area contributed by atoms with E-state index in [0.29, 0.717) is 11.1 Å². The van der Waals surface area contributed by atoms with E-state index in [-0.39, 0.29) is 36.7 Å². The van der Waals surface area contributed by atoms with Gasteiger partial charge < -0.3 is 10.2 Å². The van der Waals surface area contributed by atoms with Gasteiger partial charge in [0, 0.05) is 36.6 Å². The number of likely N-dealkylation sites (tertiary alicyclic amines) is 1. The molecule has 1 aromatic rings. The maximum Gasteiger partial charge on any atom is 0.261 e. The van der Waals surface area contributed by atoms with Crippen molar-refractivity contribution in [3.05, 3.63) is 33.8 Å². The van der Waals surface area contributed by atoms with Crippen molar-refractivity contribution in [2.75, 3.05) is 26.2 Å². The van der Waals surface area contributed by atoms with Gasteiger partial charge in [-0.3, -0.25) is 19.3 Å². The van der Waals surface area contributed by atoms with E-state index >= 15 is 0 Å². The summed E-state index contributed by atoms with van der Waals surface area (Å²) in [5.41, 5.74) is 0.801. The molecule has 2 heterocycles. The average Bonchev–Trinajstić information content (AvgIpc) is 2.85. The molecule has 0 radical (unpaired) electrons. The highest BCUT2D eigenvalue weighted by Gasteiger charge is 2.35. The second kappa shape index (κ2) is 8.31. The molecule has 3 amide bonds. The predicted octanol–water partition coefficient (Wildman–Crippen LogP) is 2.43. The summed E-state index contributed by atoms with van der Waals surface area (Å²) in [6.07, 6.45) is 3.19. The fourth-order valence-corrected chi connectivity index (χ4v) is 3.96. The highest BCUT2D eigenvalue weighted by molar-refractivity contribution is 9.10. The molecular formula is C19H24BrN3O3. The second-order valence-corrected chi connectivity index (χ2v) is 7.80. The molecule has 0 saturated carbocycles. The van der Waals surface area contributed by atoms with Gasteiger partial charge >= 0.3 is 0 Å². The molecule has 0 spiro atoms. The number of piperidine rings is 1. The van der Waals surface area contributed by atoms with Gasteiger partial charge in [-0.15, -0.1) is 0 Å². The first-order valence-corrected chi connectivity index (χ1v) is 9.96. The number of fused-ring (bicyclic) bond motifs is 1. The summed E-state index contributed by atoms with van der Waals surface area (Å²) >= 11 is 3.31. The van der Waals surface area contributed by atoms with Crippen molar-refractivity contribution in [1.29, 1.82) is 0 Å². The standard InChI is InChI=1S/C19H24BrN3O3/c1-2-8-22-9-5-14(6-10-22)21-17(24)7-11-23-18(25)15-4-3-13(20)12-16(15)19(23)26/h3-4,12,14H,2,5-11H2,1H3,(H,21,24). The molecule has 3 rings (SSSR count). The summed E-state index contributed by atoms with van der Waals surface area (Å²) in [5.74, 6) is -0.748. The molecule has 2 aliphatic heterocycles. The highest BCUT2D eigenvalue weighted by atomic mass is 79.9. The van der Waals surface area contributed by atoms with Crippen LogP contribution in [0.5, 0.6) is 0 Å². The van der Waals surface area contributed by atoms with Crippen LogP contribution in [0.2, 0.25) is 0 Å². The summed E-state index contributed by atoms with van der Waals surface area (Å²) in [6, 6.07) is 5.23. The summed E-state index contributed by atoms with van der Waals surface area (Å²) < 4.78 is 0.756. The molecule has 1 fully saturated rings. The first-order valence-electron chi connectivity index (χ1n) is 9.17. The Hall–Kier alpha value is -1.73. The Bertz CT molecular complexity index is 714. The van der Waals surface area contributed by atoms with E-state index in [1.165, 1.54) is 4.90 Å². The lowest BCUT2D eigenvalue weighted by Crippen LogP contribution is -2.45. The molecular weight excluding hydrogens is 398 g/mol. The largest absolute Gasteiger partial charge is 0.353 e. The Morgan fingerprint density at radius 2 is 1.85 bits per heavy atom. The average molecular weight is 422 g/mol. The number of hydrogen-bond acceptors (Lipinski definition) is 4. The molecule has 2 aliphatic rings. The maximum absolute atomic E-state index is 12.4. The van der Waals surface area contributed by atoms with Crippen molar-refractivity contribution in [3.63, 3.8) is 0 Å². The zero-order valence-electron chi connectivity index (χ0n) is 15.0. The van der Waals surface area contributed by atoms with Crippen molar-refractivity contribution >= 4 is 33.7 Å². The molecule has 0 atom stereocenters. The Labute approximate surface area is 162 Å². The van der Waals surface area contributed by atoms with Crippen LogP contribution in [0.3, 0.4) is 0 Å². The SMILES string of the molecule is CCCN1CCC(NC(=O)CCN2C(=O)c3ccc(Br)cc3C2=O)CC1. The Morgan fingerprint density at radius 3 is 2.54 bits per heavy atom. The third-order valence-electron chi connectivity index (χ3n) is 4.99. The van der Waals surface area contributed by atoms with Gasteiger partial charge in [0.15, 0.2) is 0 Å². The van der Waals surface area contributed by atoms with Crippen molar-refractivity contribution in [2.24, 2.45) is 0 Å². The molecule has 0 bridgehead atoms. The number of imide groups is 1. The molecule has 1 aromatic carbocycles. The first kappa shape index (κ1) is 19.0. The fourth-order valence-electron chi connectivity index (χ4n) is 3.60. The van der Waals surface area contributed by atoms with Crippen molar-refractivity contribution in [1.82, 2.24) is 15.1 Å². The molecule has 1 saturated heterocycles. The second-order valence-electron chi connectivity index (χ2n) is 6.89. The number of halogens is 1. The van der Waals surface area contributed by atoms with Crippen LogP contribution in [0.25, 0.3) is 0 Å². The molecule has 140 valence electrons. The molecule has 0 aliphatic carbocycles. The van der Waals surface area contributed by atoms with Gasteiger partial charge in [-0.2, -0.15) is 0 Å². The van der Waals surface area contributed by atoms with Crippen molar-refractivity contribution < 1.29 is 14.4 Å². The van der Waals surface area contributed by atoms with E-state index in [2.05, 4.69) is 33.1 Å². The Morgan fingerprint density at radius 1 is 1.15 bits per heavy atom. The summed E-state index contributed by atoms with van der Waals surface area (Å²) in [7, 11) is 0. The minimum atomic E-state index is -0.327. The lowest BCUT2D eigenvalue weighted by Gasteiger charge is -2.32. The number of nitrogens with one attached hydrogen (secondary N) is 1. The third kappa shape index (κ3) is 4.15. The molecule has 7 heteroatoms. The highest BCUT2D eigenvalue weighted by Crippen LogP contribution is 2.26. The van der Waals surface area contributed by atoms with Gasteiger partial charge in [-0.25, -0.2) is 0 Å². The van der Waals surface area contributed by atoms with Gasteiger partial charge in [0.05, 0.1) is 11.1 Å². The first-order chi connectivity index (χ1) is 12.5. The lowest BCUT2D eigenvalue weighted by atomic mass is 10.0.